The van der Waals surface area contributed by atoms with Crippen molar-refractivity contribution in [2.45, 2.75) is 0 Å². The van der Waals surface area contributed by atoms with Gasteiger partial charge in [-0.15, -0.1) is 11.3 Å². The lowest BCUT2D eigenvalue weighted by atomic mass is 10.0. The predicted octanol–water partition coefficient (Wildman–Crippen LogP) is 10.8. The molecule has 3 heterocycles. The average Bonchev–Trinajstić information content (AvgIpc) is 3.71. The van der Waals surface area contributed by atoms with E-state index >= 15 is 0 Å². The molecule has 0 atom stereocenters. The lowest BCUT2D eigenvalue weighted by Crippen LogP contribution is -2.00. The van der Waals surface area contributed by atoms with Crippen molar-refractivity contribution in [2.75, 3.05) is 0 Å². The fourth-order valence-corrected chi connectivity index (χ4v) is 6.99. The van der Waals surface area contributed by atoms with E-state index in [1.165, 1.54) is 10.1 Å². The van der Waals surface area contributed by atoms with Gasteiger partial charge in [0.15, 0.2) is 17.5 Å². The van der Waals surface area contributed by atoms with E-state index in [2.05, 4.69) is 24.3 Å². The smallest absolute Gasteiger partial charge is 0.167 e. The normalized spacial score (nSPS) is 13.2. The largest absolute Gasteiger partial charge is 0.455 e. The van der Waals surface area contributed by atoms with Crippen LogP contribution in [0.25, 0.3) is 87.4 Å². The second kappa shape index (κ2) is 9.97. The van der Waals surface area contributed by atoms with Crippen molar-refractivity contribution in [3.63, 3.8) is 0 Å². The zero-order valence-corrected chi connectivity index (χ0v) is 23.9. The predicted molar refractivity (Wildman–Crippen MR) is 182 cm³/mol. The summed E-state index contributed by atoms with van der Waals surface area (Å²) in [4.78, 5) is 15.0. The van der Waals surface area contributed by atoms with Crippen molar-refractivity contribution in [3.8, 4) is 45.3 Å². The second-order valence-corrected chi connectivity index (χ2v) is 11.5. The van der Waals surface area contributed by atoms with E-state index in [-0.39, 0.29) is 29.7 Å². The zero-order valence-electron chi connectivity index (χ0n) is 28.1. The van der Waals surface area contributed by atoms with Crippen molar-refractivity contribution >= 4 is 53.4 Å². The van der Waals surface area contributed by atoms with Crippen LogP contribution < -0.4 is 0 Å². The molecular weight excluding hydrogens is 559 g/mol. The minimum atomic E-state index is -0.427. The maximum atomic E-state index is 8.47. The third-order valence-corrected chi connectivity index (χ3v) is 9.06. The number of para-hydroxylation sites is 1. The van der Waals surface area contributed by atoms with Gasteiger partial charge in [0.2, 0.25) is 0 Å². The van der Waals surface area contributed by atoms with Crippen LogP contribution in [0.15, 0.2) is 144 Å². The SMILES string of the molecule is [2H]c1c([2H])c([2H])c(-c2ccc3c(c2)oc2c(-c4nc(-c5ccccc5)nc(-c5cccc6c5sc5ccccc56)n4)cccc23)c([2H])c1[2H]. The topological polar surface area (TPSA) is 51.8 Å². The minimum Gasteiger partial charge on any atom is -0.455 e. The Morgan fingerprint density at radius 1 is 0.523 bits per heavy atom. The zero-order chi connectivity index (χ0) is 33.4. The van der Waals surface area contributed by atoms with Gasteiger partial charge >= 0.3 is 0 Å². The Kier molecular flexibility index (Phi) is 4.60. The molecule has 6 aromatic carbocycles. The highest BCUT2D eigenvalue weighted by Gasteiger charge is 2.19. The number of hydrogen-bond acceptors (Lipinski definition) is 5. The lowest BCUT2D eigenvalue weighted by molar-refractivity contribution is 0.669. The maximum absolute atomic E-state index is 8.47. The first-order valence-electron chi connectivity index (χ1n) is 16.6. The molecule has 0 amide bonds. The summed E-state index contributed by atoms with van der Waals surface area (Å²) in [6, 6.07) is 33.9. The van der Waals surface area contributed by atoms with Crippen molar-refractivity contribution < 1.29 is 11.3 Å². The maximum Gasteiger partial charge on any atom is 0.167 e. The van der Waals surface area contributed by atoms with E-state index in [4.69, 9.17) is 26.2 Å². The van der Waals surface area contributed by atoms with E-state index in [0.717, 1.165) is 32.0 Å². The number of hydrogen-bond donors (Lipinski definition) is 0. The van der Waals surface area contributed by atoms with Gasteiger partial charge in [0, 0.05) is 42.1 Å². The first-order chi connectivity index (χ1) is 23.9. The Morgan fingerprint density at radius 2 is 1.23 bits per heavy atom. The van der Waals surface area contributed by atoms with Gasteiger partial charge in [-0.2, -0.15) is 0 Å². The van der Waals surface area contributed by atoms with E-state index in [1.54, 1.807) is 23.5 Å². The highest BCUT2D eigenvalue weighted by atomic mass is 32.1. The van der Waals surface area contributed by atoms with Gasteiger partial charge in [0.25, 0.3) is 0 Å². The van der Waals surface area contributed by atoms with Gasteiger partial charge < -0.3 is 4.42 Å². The molecule has 0 aliphatic heterocycles. The van der Waals surface area contributed by atoms with Crippen LogP contribution in [0, 0.1) is 0 Å². The summed E-state index contributed by atoms with van der Waals surface area (Å²) in [5, 5.41) is 4.00. The van der Waals surface area contributed by atoms with Crippen LogP contribution in [0.4, 0.5) is 0 Å². The number of rotatable bonds is 4. The molecule has 5 heteroatoms. The summed E-state index contributed by atoms with van der Waals surface area (Å²) in [6.07, 6.45) is 0. The van der Waals surface area contributed by atoms with Crippen LogP contribution in [0.3, 0.4) is 0 Å². The van der Waals surface area contributed by atoms with Crippen LogP contribution in [0.1, 0.15) is 6.85 Å². The fraction of sp³-hybridized carbons (Fsp3) is 0. The van der Waals surface area contributed by atoms with Gasteiger partial charge in [0.1, 0.15) is 11.2 Å². The molecule has 0 aliphatic carbocycles. The number of furan rings is 1. The Balaban J connectivity index is 1.26. The van der Waals surface area contributed by atoms with E-state index < -0.39 is 6.04 Å². The molecule has 0 bridgehead atoms. The molecule has 0 fully saturated rings. The summed E-state index contributed by atoms with van der Waals surface area (Å²) in [5.74, 6) is 1.55. The van der Waals surface area contributed by atoms with Gasteiger partial charge in [-0.1, -0.05) is 109 Å². The first-order valence-corrected chi connectivity index (χ1v) is 14.9. The number of nitrogens with zero attached hydrogens (tertiary/aromatic N) is 3. The number of benzene rings is 6. The summed E-state index contributed by atoms with van der Waals surface area (Å²) >= 11 is 1.72. The summed E-state index contributed by atoms with van der Waals surface area (Å²) in [6.45, 7) is 0. The highest BCUT2D eigenvalue weighted by Crippen LogP contribution is 2.41. The van der Waals surface area contributed by atoms with Crippen LogP contribution in [-0.4, -0.2) is 15.0 Å². The summed E-state index contributed by atoms with van der Waals surface area (Å²) in [7, 11) is 0. The first kappa shape index (κ1) is 20.3. The molecule has 206 valence electrons. The number of aromatic nitrogens is 3. The Bertz CT molecular complexity index is 2770. The Hall–Kier alpha value is -5.65. The van der Waals surface area contributed by atoms with Crippen LogP contribution in [-0.2, 0) is 0 Å². The number of fused-ring (bicyclic) bond motifs is 6. The molecule has 0 unspecified atom stereocenters. The molecular formula is C39H23N3OS. The van der Waals surface area contributed by atoms with Gasteiger partial charge in [-0.05, 0) is 41.5 Å². The molecule has 9 aromatic rings. The van der Waals surface area contributed by atoms with E-state index in [0.29, 0.717) is 39.8 Å². The van der Waals surface area contributed by atoms with E-state index in [1.807, 2.05) is 72.8 Å². The lowest BCUT2D eigenvalue weighted by Gasteiger charge is -2.09. The molecule has 0 aliphatic rings. The van der Waals surface area contributed by atoms with Crippen molar-refractivity contribution in [1.29, 1.82) is 0 Å². The van der Waals surface area contributed by atoms with Crippen LogP contribution in [0.5, 0.6) is 0 Å². The molecule has 0 saturated heterocycles. The molecule has 9 rings (SSSR count). The fourth-order valence-electron chi connectivity index (χ4n) is 5.78. The molecule has 0 spiro atoms. The van der Waals surface area contributed by atoms with Crippen molar-refractivity contribution in [1.82, 2.24) is 15.0 Å². The minimum absolute atomic E-state index is 0.124. The summed E-state index contributed by atoms with van der Waals surface area (Å²) < 4.78 is 50.0. The molecule has 44 heavy (non-hydrogen) atoms. The van der Waals surface area contributed by atoms with Crippen molar-refractivity contribution in [3.05, 3.63) is 139 Å². The standard InChI is InChI=1S/C39H23N3OS/c1-3-11-24(12-4-1)26-21-22-27-29-16-9-18-31(35(29)43-33(27)23-26)38-40-37(25-13-5-2-6-14-25)41-39(42-38)32-19-10-17-30-28-15-7-8-20-34(28)44-36(30)32/h1-23H/i1D,3D,4D,11D,12D. The van der Waals surface area contributed by atoms with Gasteiger partial charge in [-0.3, -0.25) is 0 Å². The molecule has 3 aromatic heterocycles. The highest BCUT2D eigenvalue weighted by molar-refractivity contribution is 7.26. The monoisotopic (exact) mass is 586 g/mol. The van der Waals surface area contributed by atoms with Crippen LogP contribution >= 0.6 is 11.3 Å². The molecule has 0 radical (unpaired) electrons. The van der Waals surface area contributed by atoms with Gasteiger partial charge in [-0.25, -0.2) is 15.0 Å². The third-order valence-electron chi connectivity index (χ3n) is 7.84. The third kappa shape index (κ3) is 4.02. The summed E-state index contributed by atoms with van der Waals surface area (Å²) in [5.41, 5.74) is 4.14. The van der Waals surface area contributed by atoms with Crippen LogP contribution in [0.2, 0.25) is 0 Å². The average molecular weight is 587 g/mol. The molecule has 0 saturated carbocycles. The number of thiophene rings is 1. The Labute approximate surface area is 264 Å². The van der Waals surface area contributed by atoms with E-state index in [9.17, 15) is 0 Å². The molecule has 0 N–H and O–H groups in total. The second-order valence-electron chi connectivity index (χ2n) is 10.4. The molecule has 4 nitrogen and oxygen atoms in total. The van der Waals surface area contributed by atoms with Crippen molar-refractivity contribution in [2.24, 2.45) is 0 Å². The quantitative estimate of drug-likeness (QED) is 0.206. The Morgan fingerprint density at radius 3 is 2.09 bits per heavy atom. The van der Waals surface area contributed by atoms with Gasteiger partial charge in [0.05, 0.1) is 12.4 Å².